The molecule has 0 fully saturated rings. The lowest BCUT2D eigenvalue weighted by Gasteiger charge is -2.10. The highest BCUT2D eigenvalue weighted by molar-refractivity contribution is 5.77. The summed E-state index contributed by atoms with van der Waals surface area (Å²) in [6.45, 7) is 4.43. The standard InChI is InChI=1S/C25H24F3N5O2/c1-16(2)18-8-6-17(7-9-18)10-11-29-22(34)14-32-15-30-23-21(24(32)35)13-31-33(23)20-5-3-4-19(12-20)25(26,27)28/h3-9,12-13,15-16H,10-11,14H2,1-2H3,(H,29,34). The molecule has 0 saturated heterocycles. The van der Waals surface area contributed by atoms with Crippen molar-refractivity contribution in [2.45, 2.75) is 38.9 Å². The van der Waals surface area contributed by atoms with Crippen LogP contribution in [-0.2, 0) is 23.9 Å². The number of amides is 1. The Morgan fingerprint density at radius 1 is 1.11 bits per heavy atom. The van der Waals surface area contributed by atoms with Crippen LogP contribution in [0, 0.1) is 0 Å². The Bertz CT molecular complexity index is 1410. The molecule has 0 spiro atoms. The van der Waals surface area contributed by atoms with Crippen LogP contribution < -0.4 is 10.9 Å². The molecule has 1 amide bonds. The molecule has 7 nitrogen and oxygen atoms in total. The molecule has 1 N–H and O–H groups in total. The van der Waals surface area contributed by atoms with E-state index in [1.807, 2.05) is 12.1 Å². The predicted octanol–water partition coefficient (Wildman–Crippen LogP) is 4.08. The Hall–Kier alpha value is -3.95. The van der Waals surface area contributed by atoms with E-state index in [0.717, 1.165) is 22.3 Å². The maximum Gasteiger partial charge on any atom is 0.416 e. The van der Waals surface area contributed by atoms with Crippen molar-refractivity contribution in [1.82, 2.24) is 24.6 Å². The minimum Gasteiger partial charge on any atom is -0.354 e. The molecule has 2 aromatic heterocycles. The highest BCUT2D eigenvalue weighted by Crippen LogP contribution is 2.30. The molecular weight excluding hydrogens is 459 g/mol. The van der Waals surface area contributed by atoms with E-state index in [9.17, 15) is 22.8 Å². The highest BCUT2D eigenvalue weighted by Gasteiger charge is 2.30. The molecule has 2 aromatic carbocycles. The zero-order chi connectivity index (χ0) is 25.2. The van der Waals surface area contributed by atoms with Crippen molar-refractivity contribution >= 4 is 16.9 Å². The largest absolute Gasteiger partial charge is 0.416 e. The third kappa shape index (κ3) is 5.42. The van der Waals surface area contributed by atoms with Crippen molar-refractivity contribution in [2.24, 2.45) is 0 Å². The number of hydrogen-bond acceptors (Lipinski definition) is 4. The van der Waals surface area contributed by atoms with Gasteiger partial charge in [0.25, 0.3) is 5.56 Å². The number of nitrogens with one attached hydrogen (secondary N) is 1. The second kappa shape index (κ2) is 9.73. The maximum absolute atomic E-state index is 13.1. The number of rotatable bonds is 7. The van der Waals surface area contributed by atoms with Gasteiger partial charge in [0.2, 0.25) is 5.91 Å². The van der Waals surface area contributed by atoms with Gasteiger partial charge in [-0.25, -0.2) is 9.67 Å². The molecular formula is C25H24F3N5O2. The van der Waals surface area contributed by atoms with Crippen molar-refractivity contribution in [3.8, 4) is 5.69 Å². The second-order valence-corrected chi connectivity index (χ2v) is 8.52. The summed E-state index contributed by atoms with van der Waals surface area (Å²) >= 11 is 0. The number of alkyl halides is 3. The first-order chi connectivity index (χ1) is 16.6. The number of hydrogen-bond donors (Lipinski definition) is 1. The van der Waals surface area contributed by atoms with Crippen LogP contribution in [0.2, 0.25) is 0 Å². The van der Waals surface area contributed by atoms with Crippen molar-refractivity contribution in [1.29, 1.82) is 0 Å². The Morgan fingerprint density at radius 3 is 2.54 bits per heavy atom. The lowest BCUT2D eigenvalue weighted by Crippen LogP contribution is -2.33. The molecule has 35 heavy (non-hydrogen) atoms. The van der Waals surface area contributed by atoms with Gasteiger partial charge in [-0.2, -0.15) is 18.3 Å². The van der Waals surface area contributed by atoms with E-state index in [2.05, 4.69) is 41.4 Å². The summed E-state index contributed by atoms with van der Waals surface area (Å²) in [5.74, 6) is 0.0995. The number of fused-ring (bicyclic) bond motifs is 1. The molecule has 0 aliphatic heterocycles. The third-order valence-corrected chi connectivity index (χ3v) is 5.67. The number of carbonyl (C=O) groups is 1. The quantitative estimate of drug-likeness (QED) is 0.430. The first-order valence-corrected chi connectivity index (χ1v) is 11.1. The van der Waals surface area contributed by atoms with Gasteiger partial charge in [0.1, 0.15) is 18.3 Å². The number of carbonyl (C=O) groups excluding carboxylic acids is 1. The first-order valence-electron chi connectivity index (χ1n) is 11.1. The Labute approximate surface area is 199 Å². The smallest absolute Gasteiger partial charge is 0.354 e. The van der Waals surface area contributed by atoms with Crippen molar-refractivity contribution in [3.63, 3.8) is 0 Å². The van der Waals surface area contributed by atoms with E-state index >= 15 is 0 Å². The fraction of sp³-hybridized carbons (Fsp3) is 0.280. The summed E-state index contributed by atoms with van der Waals surface area (Å²) in [6.07, 6.45) is -1.43. The molecule has 0 aliphatic carbocycles. The average Bonchev–Trinajstić information content (AvgIpc) is 3.26. The maximum atomic E-state index is 13.1. The van der Waals surface area contributed by atoms with Gasteiger partial charge < -0.3 is 5.32 Å². The van der Waals surface area contributed by atoms with Crippen LogP contribution in [0.15, 0.2) is 65.8 Å². The van der Waals surface area contributed by atoms with E-state index in [1.165, 1.54) is 34.9 Å². The van der Waals surface area contributed by atoms with Crippen molar-refractivity contribution in [3.05, 3.63) is 88.1 Å². The summed E-state index contributed by atoms with van der Waals surface area (Å²) in [6, 6.07) is 12.8. The van der Waals surface area contributed by atoms with Crippen LogP contribution in [0.5, 0.6) is 0 Å². The molecule has 10 heteroatoms. The Kier molecular flexibility index (Phi) is 6.72. The van der Waals surface area contributed by atoms with E-state index in [4.69, 9.17) is 0 Å². The first kappa shape index (κ1) is 24.2. The zero-order valence-corrected chi connectivity index (χ0v) is 19.2. The van der Waals surface area contributed by atoms with Crippen molar-refractivity contribution in [2.75, 3.05) is 6.54 Å². The van der Waals surface area contributed by atoms with Gasteiger partial charge in [-0.05, 0) is 41.7 Å². The molecule has 4 rings (SSSR count). The molecule has 0 aliphatic rings. The van der Waals surface area contributed by atoms with Gasteiger partial charge >= 0.3 is 6.18 Å². The summed E-state index contributed by atoms with van der Waals surface area (Å²) in [5, 5.41) is 6.93. The van der Waals surface area contributed by atoms with Crippen LogP contribution in [-0.4, -0.2) is 31.8 Å². The highest BCUT2D eigenvalue weighted by atomic mass is 19.4. The Balaban J connectivity index is 1.44. The number of benzene rings is 2. The molecule has 0 unspecified atom stereocenters. The molecule has 2 heterocycles. The molecule has 0 saturated carbocycles. The topological polar surface area (TPSA) is 81.8 Å². The number of nitrogens with zero attached hydrogens (tertiary/aromatic N) is 4. The summed E-state index contributed by atoms with van der Waals surface area (Å²) in [4.78, 5) is 29.4. The third-order valence-electron chi connectivity index (χ3n) is 5.67. The monoisotopic (exact) mass is 483 g/mol. The van der Waals surface area contributed by atoms with Crippen LogP contribution >= 0.6 is 0 Å². The lowest BCUT2D eigenvalue weighted by atomic mass is 10.0. The SMILES string of the molecule is CC(C)c1ccc(CCNC(=O)Cn2cnc3c(cnn3-c3cccc(C(F)(F)F)c3)c2=O)cc1. The zero-order valence-electron chi connectivity index (χ0n) is 19.2. The van der Waals surface area contributed by atoms with Gasteiger partial charge in [-0.15, -0.1) is 0 Å². The lowest BCUT2D eigenvalue weighted by molar-refractivity contribution is -0.137. The average molecular weight is 483 g/mol. The minimum atomic E-state index is -4.51. The van der Waals surface area contributed by atoms with Crippen LogP contribution in [0.3, 0.4) is 0 Å². The predicted molar refractivity (Wildman–Crippen MR) is 125 cm³/mol. The number of aromatic nitrogens is 4. The molecule has 0 atom stereocenters. The van der Waals surface area contributed by atoms with Gasteiger partial charge in [-0.3, -0.25) is 14.2 Å². The van der Waals surface area contributed by atoms with Gasteiger partial charge in [0, 0.05) is 6.54 Å². The van der Waals surface area contributed by atoms with Crippen molar-refractivity contribution < 1.29 is 18.0 Å². The van der Waals surface area contributed by atoms with Gasteiger partial charge in [0.15, 0.2) is 5.65 Å². The van der Waals surface area contributed by atoms with Gasteiger partial charge in [0.05, 0.1) is 17.4 Å². The second-order valence-electron chi connectivity index (χ2n) is 8.52. The van der Waals surface area contributed by atoms with Crippen LogP contribution in [0.1, 0.15) is 36.5 Å². The van der Waals surface area contributed by atoms with Crippen LogP contribution in [0.25, 0.3) is 16.7 Å². The molecule has 4 aromatic rings. The van der Waals surface area contributed by atoms with Crippen LogP contribution in [0.4, 0.5) is 13.2 Å². The normalized spacial score (nSPS) is 11.8. The molecule has 182 valence electrons. The minimum absolute atomic E-state index is 0.1000. The fourth-order valence-electron chi connectivity index (χ4n) is 3.69. The van der Waals surface area contributed by atoms with Gasteiger partial charge in [-0.1, -0.05) is 44.2 Å². The fourth-order valence-corrected chi connectivity index (χ4v) is 3.69. The van der Waals surface area contributed by atoms with E-state index in [-0.39, 0.29) is 29.2 Å². The van der Waals surface area contributed by atoms with E-state index in [0.29, 0.717) is 18.9 Å². The van der Waals surface area contributed by atoms with E-state index < -0.39 is 17.3 Å². The summed E-state index contributed by atoms with van der Waals surface area (Å²) in [5.41, 5.74) is 1.23. The summed E-state index contributed by atoms with van der Waals surface area (Å²) < 4.78 is 41.5. The molecule has 0 radical (unpaired) electrons. The van der Waals surface area contributed by atoms with E-state index in [1.54, 1.807) is 0 Å². The number of halogens is 3. The molecule has 0 bridgehead atoms. The Morgan fingerprint density at radius 2 is 1.86 bits per heavy atom. The summed E-state index contributed by atoms with van der Waals surface area (Å²) in [7, 11) is 0.